The highest BCUT2D eigenvalue weighted by Gasteiger charge is 2.27. The van der Waals surface area contributed by atoms with Crippen molar-refractivity contribution < 1.29 is 8.42 Å². The first-order valence-electron chi connectivity index (χ1n) is 6.74. The monoisotopic (exact) mass is 304 g/mol. The fourth-order valence-electron chi connectivity index (χ4n) is 1.80. The molecule has 0 saturated heterocycles. The Balaban J connectivity index is 2.66. The molecule has 19 heavy (non-hydrogen) atoms. The fraction of sp³-hybridized carbons (Fsp3) is 0.692. The molecule has 1 atom stereocenters. The summed E-state index contributed by atoms with van der Waals surface area (Å²) in [5.74, 6) is 0. The van der Waals surface area contributed by atoms with Crippen molar-refractivity contribution in [3.8, 4) is 0 Å². The number of sulfonamides is 1. The normalized spacial score (nSPS) is 13.9. The van der Waals surface area contributed by atoms with Crippen LogP contribution in [-0.4, -0.2) is 37.6 Å². The predicted octanol–water partition coefficient (Wildman–Crippen LogP) is 2.29. The molecule has 1 N–H and O–H groups in total. The van der Waals surface area contributed by atoms with Gasteiger partial charge in [0.1, 0.15) is 0 Å². The Kier molecular flexibility index (Phi) is 6.99. The van der Waals surface area contributed by atoms with Gasteiger partial charge in [-0.25, -0.2) is 8.42 Å². The van der Waals surface area contributed by atoms with Crippen LogP contribution >= 0.6 is 11.3 Å². The molecule has 0 bridgehead atoms. The van der Waals surface area contributed by atoms with Gasteiger partial charge in [0.2, 0.25) is 10.0 Å². The lowest BCUT2D eigenvalue weighted by molar-refractivity contribution is 0.416. The van der Waals surface area contributed by atoms with Crippen molar-refractivity contribution in [2.24, 2.45) is 0 Å². The van der Waals surface area contributed by atoms with E-state index >= 15 is 0 Å². The SMILES string of the molecule is CCCNCC(C)S(=O)(=O)N(CC)Cc1cccs1. The van der Waals surface area contributed by atoms with Crippen molar-refractivity contribution in [3.05, 3.63) is 22.4 Å². The van der Waals surface area contributed by atoms with Gasteiger partial charge in [-0.05, 0) is 31.3 Å². The Hall–Kier alpha value is -0.430. The van der Waals surface area contributed by atoms with Gasteiger partial charge in [-0.1, -0.05) is 19.9 Å². The molecule has 0 fully saturated rings. The summed E-state index contributed by atoms with van der Waals surface area (Å²) in [5.41, 5.74) is 0. The van der Waals surface area contributed by atoms with Crippen molar-refractivity contribution in [2.45, 2.75) is 39.0 Å². The Morgan fingerprint density at radius 1 is 1.42 bits per heavy atom. The second-order valence-corrected chi connectivity index (χ2v) is 7.95. The standard InChI is InChI=1S/C13H24N2O2S2/c1-4-8-14-10-12(3)19(16,17)15(5-2)11-13-7-6-9-18-13/h6-7,9,12,14H,4-5,8,10-11H2,1-3H3. The average molecular weight is 304 g/mol. The molecule has 0 aliphatic carbocycles. The van der Waals surface area contributed by atoms with Crippen LogP contribution in [0.1, 0.15) is 32.1 Å². The van der Waals surface area contributed by atoms with E-state index in [-0.39, 0.29) is 5.25 Å². The lowest BCUT2D eigenvalue weighted by atomic mass is 10.4. The predicted molar refractivity (Wildman–Crippen MR) is 81.9 cm³/mol. The van der Waals surface area contributed by atoms with Gasteiger partial charge in [-0.15, -0.1) is 11.3 Å². The zero-order valence-electron chi connectivity index (χ0n) is 11.9. The third-order valence-electron chi connectivity index (χ3n) is 2.99. The Morgan fingerprint density at radius 2 is 2.16 bits per heavy atom. The van der Waals surface area contributed by atoms with Crippen LogP contribution in [0.4, 0.5) is 0 Å². The van der Waals surface area contributed by atoms with Gasteiger partial charge in [-0.3, -0.25) is 0 Å². The first kappa shape index (κ1) is 16.6. The molecule has 1 heterocycles. The molecule has 110 valence electrons. The van der Waals surface area contributed by atoms with E-state index in [1.54, 1.807) is 22.6 Å². The molecule has 0 spiro atoms. The van der Waals surface area contributed by atoms with Crippen molar-refractivity contribution >= 4 is 21.4 Å². The molecule has 6 heteroatoms. The molecule has 0 amide bonds. The molecule has 1 aromatic heterocycles. The lowest BCUT2D eigenvalue weighted by Gasteiger charge is -2.24. The quantitative estimate of drug-likeness (QED) is 0.712. The molecular formula is C13H24N2O2S2. The van der Waals surface area contributed by atoms with E-state index in [0.717, 1.165) is 17.8 Å². The summed E-state index contributed by atoms with van der Waals surface area (Å²) >= 11 is 1.59. The molecule has 0 aliphatic heterocycles. The minimum atomic E-state index is -3.23. The van der Waals surface area contributed by atoms with Gasteiger partial charge in [0.15, 0.2) is 0 Å². The number of nitrogens with one attached hydrogen (secondary N) is 1. The van der Waals surface area contributed by atoms with Gasteiger partial charge in [0.05, 0.1) is 5.25 Å². The number of thiophene rings is 1. The molecule has 1 aromatic rings. The Bertz CT molecular complexity index is 443. The second kappa shape index (κ2) is 7.99. The number of hydrogen-bond donors (Lipinski definition) is 1. The minimum absolute atomic E-state index is 0.390. The van der Waals surface area contributed by atoms with Crippen LogP contribution in [-0.2, 0) is 16.6 Å². The molecule has 1 unspecified atom stereocenters. The van der Waals surface area contributed by atoms with Crippen molar-refractivity contribution in [1.29, 1.82) is 0 Å². The first-order chi connectivity index (χ1) is 9.02. The van der Waals surface area contributed by atoms with Crippen molar-refractivity contribution in [3.63, 3.8) is 0 Å². The highest BCUT2D eigenvalue weighted by Crippen LogP contribution is 2.16. The summed E-state index contributed by atoms with van der Waals surface area (Å²) in [7, 11) is -3.23. The summed E-state index contributed by atoms with van der Waals surface area (Å²) in [6.07, 6.45) is 1.01. The summed E-state index contributed by atoms with van der Waals surface area (Å²) in [5, 5.41) is 4.76. The van der Waals surface area contributed by atoms with Gasteiger partial charge < -0.3 is 5.32 Å². The summed E-state index contributed by atoms with van der Waals surface area (Å²) in [6.45, 7) is 8.09. The van der Waals surface area contributed by atoms with E-state index in [1.165, 1.54) is 0 Å². The maximum absolute atomic E-state index is 12.5. The molecule has 1 rings (SSSR count). The van der Waals surface area contributed by atoms with Crippen LogP contribution in [0.25, 0.3) is 0 Å². The van der Waals surface area contributed by atoms with E-state index < -0.39 is 10.0 Å². The van der Waals surface area contributed by atoms with Crippen LogP contribution in [0.5, 0.6) is 0 Å². The van der Waals surface area contributed by atoms with E-state index in [4.69, 9.17) is 0 Å². The molecule has 0 radical (unpaired) electrons. The number of hydrogen-bond acceptors (Lipinski definition) is 4. The third kappa shape index (κ3) is 4.87. The minimum Gasteiger partial charge on any atom is -0.315 e. The average Bonchev–Trinajstić information content (AvgIpc) is 2.88. The molecule has 0 aromatic carbocycles. The Labute approximate surface area is 120 Å². The molecule has 0 aliphatic rings. The maximum atomic E-state index is 12.5. The number of rotatable bonds is 9. The van der Waals surface area contributed by atoms with Gasteiger partial charge in [0, 0.05) is 24.5 Å². The summed E-state index contributed by atoms with van der Waals surface area (Å²) in [6, 6.07) is 3.93. The van der Waals surface area contributed by atoms with Gasteiger partial charge >= 0.3 is 0 Å². The summed E-state index contributed by atoms with van der Waals surface area (Å²) in [4.78, 5) is 1.08. The number of nitrogens with zero attached hydrogens (tertiary/aromatic N) is 1. The maximum Gasteiger partial charge on any atom is 0.218 e. The van der Waals surface area contributed by atoms with Gasteiger partial charge in [-0.2, -0.15) is 4.31 Å². The summed E-state index contributed by atoms with van der Waals surface area (Å²) < 4.78 is 26.5. The zero-order chi connectivity index (χ0) is 14.3. The Morgan fingerprint density at radius 3 is 2.68 bits per heavy atom. The molecule has 0 saturated carbocycles. The van der Waals surface area contributed by atoms with E-state index in [0.29, 0.717) is 19.6 Å². The smallest absolute Gasteiger partial charge is 0.218 e. The van der Waals surface area contributed by atoms with E-state index in [9.17, 15) is 8.42 Å². The first-order valence-corrected chi connectivity index (χ1v) is 9.12. The highest BCUT2D eigenvalue weighted by atomic mass is 32.2. The van der Waals surface area contributed by atoms with Gasteiger partial charge in [0.25, 0.3) is 0 Å². The van der Waals surface area contributed by atoms with Crippen LogP contribution in [0, 0.1) is 0 Å². The zero-order valence-corrected chi connectivity index (χ0v) is 13.6. The highest BCUT2D eigenvalue weighted by molar-refractivity contribution is 7.89. The van der Waals surface area contributed by atoms with E-state index in [2.05, 4.69) is 12.2 Å². The van der Waals surface area contributed by atoms with Crippen LogP contribution in [0.3, 0.4) is 0 Å². The van der Waals surface area contributed by atoms with Crippen molar-refractivity contribution in [1.82, 2.24) is 9.62 Å². The molecular weight excluding hydrogens is 280 g/mol. The molecule has 4 nitrogen and oxygen atoms in total. The van der Waals surface area contributed by atoms with Crippen LogP contribution < -0.4 is 5.32 Å². The third-order valence-corrected chi connectivity index (χ3v) is 6.14. The topological polar surface area (TPSA) is 49.4 Å². The van der Waals surface area contributed by atoms with Crippen LogP contribution in [0.15, 0.2) is 17.5 Å². The fourth-order valence-corrected chi connectivity index (χ4v) is 4.12. The lowest BCUT2D eigenvalue weighted by Crippen LogP contribution is -2.41. The van der Waals surface area contributed by atoms with E-state index in [1.807, 2.05) is 24.4 Å². The van der Waals surface area contributed by atoms with Crippen molar-refractivity contribution in [2.75, 3.05) is 19.6 Å². The second-order valence-electron chi connectivity index (χ2n) is 4.57. The largest absolute Gasteiger partial charge is 0.315 e. The van der Waals surface area contributed by atoms with Crippen LogP contribution in [0.2, 0.25) is 0 Å².